The molecule has 12 rings (SSSR count). The molecule has 0 radical (unpaired) electrons. The summed E-state index contributed by atoms with van der Waals surface area (Å²) in [7, 11) is 0. The first-order valence-corrected chi connectivity index (χ1v) is 19.7. The third-order valence-corrected chi connectivity index (χ3v) is 12.7. The van der Waals surface area contributed by atoms with E-state index in [-0.39, 0.29) is 0 Å². The predicted molar refractivity (Wildman–Crippen MR) is 236 cm³/mol. The van der Waals surface area contributed by atoms with Crippen molar-refractivity contribution in [3.8, 4) is 33.6 Å². The van der Waals surface area contributed by atoms with Crippen LogP contribution in [-0.2, 0) is 0 Å². The van der Waals surface area contributed by atoms with E-state index in [0.717, 1.165) is 0 Å². The SMILES string of the molecule is c1ccc(-c2ccccc2-n2c3ccc(-c4ccc5c(c4)c4ccccc4n5-c4cccc5c4sc4ccccc45)cc3c3cc4ccccc4cc32)cc1. The zero-order valence-corrected chi connectivity index (χ0v) is 30.6. The fourth-order valence-corrected chi connectivity index (χ4v) is 10.2. The Morgan fingerprint density at radius 1 is 0.309 bits per heavy atom. The quantitative estimate of drug-likeness (QED) is 0.172. The van der Waals surface area contributed by atoms with Gasteiger partial charge in [-0.05, 0) is 88.1 Å². The van der Waals surface area contributed by atoms with Crippen LogP contribution < -0.4 is 0 Å². The Labute approximate surface area is 321 Å². The summed E-state index contributed by atoms with van der Waals surface area (Å²) in [5, 5.41) is 10.2. The van der Waals surface area contributed by atoms with Crippen molar-refractivity contribution in [2.45, 2.75) is 0 Å². The molecule has 0 saturated heterocycles. The highest BCUT2D eigenvalue weighted by atomic mass is 32.1. The van der Waals surface area contributed by atoms with Crippen molar-refractivity contribution < 1.29 is 0 Å². The molecule has 0 N–H and O–H groups in total. The van der Waals surface area contributed by atoms with Gasteiger partial charge in [-0.1, -0.05) is 133 Å². The maximum absolute atomic E-state index is 2.47. The molecule has 3 aromatic heterocycles. The van der Waals surface area contributed by atoms with Crippen LogP contribution in [0.5, 0.6) is 0 Å². The number of fused-ring (bicyclic) bond motifs is 10. The summed E-state index contributed by atoms with van der Waals surface area (Å²) in [6, 6.07) is 71.4. The number of hydrogen-bond donors (Lipinski definition) is 0. The molecule has 0 aliphatic carbocycles. The van der Waals surface area contributed by atoms with Crippen LogP contribution in [0.2, 0.25) is 0 Å². The third kappa shape index (κ3) is 4.54. The third-order valence-electron chi connectivity index (χ3n) is 11.5. The van der Waals surface area contributed by atoms with Gasteiger partial charge in [0.05, 0.1) is 38.1 Å². The van der Waals surface area contributed by atoms with E-state index in [2.05, 4.69) is 203 Å². The Balaban J connectivity index is 1.09. The van der Waals surface area contributed by atoms with Crippen LogP contribution >= 0.6 is 11.3 Å². The molecule has 0 spiro atoms. The first-order valence-electron chi connectivity index (χ1n) is 18.8. The second kappa shape index (κ2) is 11.8. The summed E-state index contributed by atoms with van der Waals surface area (Å²) in [5.74, 6) is 0. The van der Waals surface area contributed by atoms with Gasteiger partial charge in [-0.25, -0.2) is 0 Å². The largest absolute Gasteiger partial charge is 0.309 e. The maximum Gasteiger partial charge on any atom is 0.0640 e. The van der Waals surface area contributed by atoms with Gasteiger partial charge in [0.15, 0.2) is 0 Å². The minimum Gasteiger partial charge on any atom is -0.309 e. The van der Waals surface area contributed by atoms with Crippen LogP contribution in [0.25, 0.3) is 108 Å². The number of nitrogens with zero attached hydrogens (tertiary/aromatic N) is 2. The van der Waals surface area contributed by atoms with Gasteiger partial charge in [0.25, 0.3) is 0 Å². The minimum absolute atomic E-state index is 1.18. The highest BCUT2D eigenvalue weighted by Gasteiger charge is 2.20. The maximum atomic E-state index is 2.47. The molecule has 12 aromatic rings. The van der Waals surface area contributed by atoms with Gasteiger partial charge in [0.2, 0.25) is 0 Å². The van der Waals surface area contributed by atoms with Gasteiger partial charge in [0, 0.05) is 42.6 Å². The smallest absolute Gasteiger partial charge is 0.0640 e. The van der Waals surface area contributed by atoms with Crippen LogP contribution in [0.15, 0.2) is 194 Å². The van der Waals surface area contributed by atoms with Crippen molar-refractivity contribution in [3.63, 3.8) is 0 Å². The van der Waals surface area contributed by atoms with E-state index in [1.54, 1.807) is 0 Å². The number of hydrogen-bond acceptors (Lipinski definition) is 1. The van der Waals surface area contributed by atoms with E-state index < -0.39 is 0 Å². The highest BCUT2D eigenvalue weighted by Crippen LogP contribution is 2.43. The number of aromatic nitrogens is 2. The fraction of sp³-hybridized carbons (Fsp3) is 0. The average molecular weight is 717 g/mol. The number of rotatable bonds is 4. The van der Waals surface area contributed by atoms with E-state index in [0.29, 0.717) is 0 Å². The first kappa shape index (κ1) is 30.5. The standard InChI is InChI=1S/C52H32N2S/c1-2-13-33(14-3-1)38-17-6-9-21-45(38)54-48-28-26-37(31-43(48)44-29-34-15-4-5-16-35(34)32-50(44)54)36-25-27-47-42(30-36)39-18-7-10-22-46(39)53(47)49-23-12-20-41-40-19-8-11-24-51(40)55-52(41)49/h1-32H. The Kier molecular flexibility index (Phi) is 6.54. The Morgan fingerprint density at radius 3 is 1.69 bits per heavy atom. The molecule has 0 bridgehead atoms. The van der Waals surface area contributed by atoms with Crippen LogP contribution in [0.4, 0.5) is 0 Å². The molecule has 0 unspecified atom stereocenters. The Hall–Kier alpha value is -6.94. The Bertz CT molecular complexity index is 3490. The molecule has 0 atom stereocenters. The molecule has 256 valence electrons. The van der Waals surface area contributed by atoms with E-state index in [4.69, 9.17) is 0 Å². The molecule has 0 fully saturated rings. The summed E-state index contributed by atoms with van der Waals surface area (Å²) in [4.78, 5) is 0. The van der Waals surface area contributed by atoms with Crippen molar-refractivity contribution in [2.75, 3.05) is 0 Å². The van der Waals surface area contributed by atoms with Gasteiger partial charge >= 0.3 is 0 Å². The molecule has 0 saturated carbocycles. The van der Waals surface area contributed by atoms with E-state index in [9.17, 15) is 0 Å². The lowest BCUT2D eigenvalue weighted by molar-refractivity contribution is 1.18. The summed E-state index contributed by atoms with van der Waals surface area (Å²) in [6.07, 6.45) is 0. The average Bonchev–Trinajstić information content (AvgIpc) is 3.90. The summed E-state index contributed by atoms with van der Waals surface area (Å²) in [5.41, 5.74) is 12.1. The zero-order valence-electron chi connectivity index (χ0n) is 29.8. The van der Waals surface area contributed by atoms with Gasteiger partial charge in [-0.3, -0.25) is 0 Å². The highest BCUT2D eigenvalue weighted by molar-refractivity contribution is 7.26. The molecule has 3 heterocycles. The molecule has 3 heteroatoms. The summed E-state index contributed by atoms with van der Waals surface area (Å²) in [6.45, 7) is 0. The van der Waals surface area contributed by atoms with Gasteiger partial charge < -0.3 is 9.13 Å². The lowest BCUT2D eigenvalue weighted by atomic mass is 10.00. The zero-order chi connectivity index (χ0) is 36.0. The van der Waals surface area contributed by atoms with Crippen LogP contribution in [0.3, 0.4) is 0 Å². The molecular weight excluding hydrogens is 685 g/mol. The second-order valence-corrected chi connectivity index (χ2v) is 15.6. The Morgan fingerprint density at radius 2 is 0.873 bits per heavy atom. The molecule has 55 heavy (non-hydrogen) atoms. The molecule has 0 amide bonds. The van der Waals surface area contributed by atoms with Crippen LogP contribution in [-0.4, -0.2) is 9.13 Å². The van der Waals surface area contributed by atoms with Crippen molar-refractivity contribution in [1.82, 2.24) is 9.13 Å². The lowest BCUT2D eigenvalue weighted by Gasteiger charge is -2.14. The number of para-hydroxylation sites is 2. The van der Waals surface area contributed by atoms with E-state index in [1.165, 1.54) is 108 Å². The molecule has 2 nitrogen and oxygen atoms in total. The minimum atomic E-state index is 1.18. The van der Waals surface area contributed by atoms with Crippen LogP contribution in [0.1, 0.15) is 0 Å². The van der Waals surface area contributed by atoms with Crippen molar-refractivity contribution in [1.29, 1.82) is 0 Å². The first-order chi connectivity index (χ1) is 27.3. The number of thiophene rings is 1. The fourth-order valence-electron chi connectivity index (χ4n) is 9.00. The van der Waals surface area contributed by atoms with Crippen molar-refractivity contribution >= 4 is 85.9 Å². The molecule has 0 aliphatic heterocycles. The summed E-state index contributed by atoms with van der Waals surface area (Å²) >= 11 is 1.88. The van der Waals surface area contributed by atoms with E-state index in [1.807, 2.05) is 11.3 Å². The van der Waals surface area contributed by atoms with Crippen molar-refractivity contribution in [2.24, 2.45) is 0 Å². The summed E-state index contributed by atoms with van der Waals surface area (Å²) < 4.78 is 7.58. The molecule has 0 aliphatic rings. The van der Waals surface area contributed by atoms with Crippen LogP contribution in [0, 0.1) is 0 Å². The van der Waals surface area contributed by atoms with Gasteiger partial charge in [-0.2, -0.15) is 0 Å². The van der Waals surface area contributed by atoms with Gasteiger partial charge in [0.1, 0.15) is 0 Å². The normalized spacial score (nSPS) is 12.0. The molecule has 9 aromatic carbocycles. The number of benzene rings is 9. The van der Waals surface area contributed by atoms with Gasteiger partial charge in [-0.15, -0.1) is 11.3 Å². The van der Waals surface area contributed by atoms with E-state index >= 15 is 0 Å². The predicted octanol–water partition coefficient (Wildman–Crippen LogP) is 14.7. The van der Waals surface area contributed by atoms with Crippen molar-refractivity contribution in [3.05, 3.63) is 194 Å². The topological polar surface area (TPSA) is 9.86 Å². The monoisotopic (exact) mass is 716 g/mol. The second-order valence-electron chi connectivity index (χ2n) is 14.5. The molecular formula is C52H32N2S. The lowest BCUT2D eigenvalue weighted by Crippen LogP contribution is -1.97.